The maximum atomic E-state index is 14.1. The molecule has 92 valence electrons. The molecule has 0 radical (unpaired) electrons. The van der Waals surface area contributed by atoms with Crippen molar-refractivity contribution in [2.75, 3.05) is 5.32 Å². The van der Waals surface area contributed by atoms with E-state index in [1.165, 1.54) is 0 Å². The van der Waals surface area contributed by atoms with Crippen molar-refractivity contribution >= 4 is 22.5 Å². The number of fused-ring (bicyclic) bond motifs is 1. The van der Waals surface area contributed by atoms with Gasteiger partial charge < -0.3 is 10.4 Å². The molecule has 1 aromatic carbocycles. The van der Waals surface area contributed by atoms with Gasteiger partial charge in [0.25, 0.3) is 5.91 Å². The fourth-order valence-electron chi connectivity index (χ4n) is 2.67. The minimum Gasteiger partial charge on any atom is -0.392 e. The molecule has 6 heteroatoms. The van der Waals surface area contributed by atoms with Gasteiger partial charge in [0.1, 0.15) is 11.2 Å². The quantitative estimate of drug-likeness (QED) is 0.793. The van der Waals surface area contributed by atoms with Crippen molar-refractivity contribution in [2.45, 2.75) is 25.0 Å². The molecule has 18 heavy (non-hydrogen) atoms. The fraction of sp³-hybridized carbons (Fsp3) is 0.333. The molecule has 1 amide bonds. The van der Waals surface area contributed by atoms with Crippen LogP contribution in [0.15, 0.2) is 12.3 Å². The SMILES string of the molecule is O=C1Nc2c(F)c(CO)cc3cnn(c23)C12CC2. The van der Waals surface area contributed by atoms with Gasteiger partial charge in [-0.25, -0.2) is 9.07 Å². The summed E-state index contributed by atoms with van der Waals surface area (Å²) in [6.07, 6.45) is 3.08. The third-order valence-corrected chi connectivity index (χ3v) is 3.83. The highest BCUT2D eigenvalue weighted by Gasteiger charge is 2.55. The maximum absolute atomic E-state index is 14.1. The van der Waals surface area contributed by atoms with Crippen LogP contribution in [0.3, 0.4) is 0 Å². The maximum Gasteiger partial charge on any atom is 0.252 e. The van der Waals surface area contributed by atoms with Gasteiger partial charge in [-0.05, 0) is 18.9 Å². The lowest BCUT2D eigenvalue weighted by molar-refractivity contribution is -0.120. The number of benzene rings is 1. The van der Waals surface area contributed by atoms with Crippen molar-refractivity contribution in [2.24, 2.45) is 0 Å². The van der Waals surface area contributed by atoms with E-state index in [4.69, 9.17) is 5.11 Å². The van der Waals surface area contributed by atoms with Gasteiger partial charge in [0.05, 0.1) is 18.3 Å². The summed E-state index contributed by atoms with van der Waals surface area (Å²) in [5, 5.41) is 16.7. The first-order chi connectivity index (χ1) is 8.67. The zero-order valence-electron chi connectivity index (χ0n) is 9.40. The third-order valence-electron chi connectivity index (χ3n) is 3.83. The molecule has 0 bridgehead atoms. The molecule has 2 heterocycles. The molecule has 1 aliphatic heterocycles. The summed E-state index contributed by atoms with van der Waals surface area (Å²) in [4.78, 5) is 12.0. The normalized spacial score (nSPS) is 19.3. The molecule has 1 saturated carbocycles. The zero-order valence-corrected chi connectivity index (χ0v) is 9.40. The predicted octanol–water partition coefficient (Wildman–Crippen LogP) is 1.11. The van der Waals surface area contributed by atoms with E-state index in [-0.39, 0.29) is 17.2 Å². The Morgan fingerprint density at radius 3 is 3.00 bits per heavy atom. The van der Waals surface area contributed by atoms with Crippen molar-refractivity contribution in [1.82, 2.24) is 9.78 Å². The Morgan fingerprint density at radius 1 is 1.56 bits per heavy atom. The Balaban J connectivity index is 2.13. The van der Waals surface area contributed by atoms with Crippen molar-refractivity contribution in [3.63, 3.8) is 0 Å². The molecule has 2 aromatic rings. The summed E-state index contributed by atoms with van der Waals surface area (Å²) < 4.78 is 15.8. The number of nitrogens with one attached hydrogen (secondary N) is 1. The van der Waals surface area contributed by atoms with Gasteiger partial charge in [0.15, 0.2) is 5.82 Å². The topological polar surface area (TPSA) is 67.2 Å². The molecule has 0 saturated heterocycles. The first kappa shape index (κ1) is 10.0. The van der Waals surface area contributed by atoms with E-state index in [0.29, 0.717) is 5.52 Å². The van der Waals surface area contributed by atoms with E-state index < -0.39 is 18.0 Å². The van der Waals surface area contributed by atoms with E-state index in [0.717, 1.165) is 18.2 Å². The summed E-state index contributed by atoms with van der Waals surface area (Å²) in [6.45, 7) is -0.402. The summed E-state index contributed by atoms with van der Waals surface area (Å²) in [6, 6.07) is 1.57. The van der Waals surface area contributed by atoms with Crippen LogP contribution >= 0.6 is 0 Å². The van der Waals surface area contributed by atoms with E-state index in [1.807, 2.05) is 0 Å². The minimum absolute atomic E-state index is 0.136. The summed E-state index contributed by atoms with van der Waals surface area (Å²) in [7, 11) is 0. The number of amides is 1. The summed E-state index contributed by atoms with van der Waals surface area (Å²) in [5.41, 5.74) is 0.310. The predicted molar refractivity (Wildman–Crippen MR) is 61.5 cm³/mol. The highest BCUT2D eigenvalue weighted by Crippen LogP contribution is 2.49. The highest BCUT2D eigenvalue weighted by atomic mass is 19.1. The van der Waals surface area contributed by atoms with Crippen molar-refractivity contribution < 1.29 is 14.3 Å². The van der Waals surface area contributed by atoms with E-state index in [2.05, 4.69) is 10.4 Å². The monoisotopic (exact) mass is 247 g/mol. The first-order valence-corrected chi connectivity index (χ1v) is 5.79. The molecular weight excluding hydrogens is 237 g/mol. The van der Waals surface area contributed by atoms with E-state index in [1.54, 1.807) is 16.9 Å². The fourth-order valence-corrected chi connectivity index (χ4v) is 2.67. The second-order valence-electron chi connectivity index (χ2n) is 4.86. The molecule has 1 fully saturated rings. The van der Waals surface area contributed by atoms with E-state index in [9.17, 15) is 9.18 Å². The second-order valence-corrected chi connectivity index (χ2v) is 4.86. The number of carbonyl (C=O) groups excluding carboxylic acids is 1. The number of rotatable bonds is 1. The van der Waals surface area contributed by atoms with Crippen molar-refractivity contribution in [3.8, 4) is 0 Å². The number of hydrogen-bond donors (Lipinski definition) is 2. The van der Waals surface area contributed by atoms with Gasteiger partial charge >= 0.3 is 0 Å². The third kappa shape index (κ3) is 0.955. The molecule has 2 N–H and O–H groups in total. The largest absolute Gasteiger partial charge is 0.392 e. The lowest BCUT2D eigenvalue weighted by Gasteiger charge is -2.24. The average molecular weight is 247 g/mol. The van der Waals surface area contributed by atoms with Crippen LogP contribution in [0.5, 0.6) is 0 Å². The van der Waals surface area contributed by atoms with Crippen LogP contribution in [0.25, 0.3) is 10.9 Å². The van der Waals surface area contributed by atoms with Crippen LogP contribution in [0, 0.1) is 5.82 Å². The van der Waals surface area contributed by atoms with Crippen molar-refractivity contribution in [3.05, 3.63) is 23.6 Å². The number of hydrogen-bond acceptors (Lipinski definition) is 3. The lowest BCUT2D eigenvalue weighted by Crippen LogP contribution is -2.38. The molecule has 5 nitrogen and oxygen atoms in total. The number of halogens is 1. The number of aliphatic hydroxyl groups is 1. The first-order valence-electron chi connectivity index (χ1n) is 5.79. The minimum atomic E-state index is -0.609. The van der Waals surface area contributed by atoms with Crippen LogP contribution in [0.4, 0.5) is 10.1 Å². The number of nitrogens with zero attached hydrogens (tertiary/aromatic N) is 2. The summed E-state index contributed by atoms with van der Waals surface area (Å²) >= 11 is 0. The Hall–Kier alpha value is -1.95. The molecule has 0 unspecified atom stereocenters. The summed E-state index contributed by atoms with van der Waals surface area (Å²) in [5.74, 6) is -0.787. The molecule has 4 rings (SSSR count). The Kier molecular flexibility index (Phi) is 1.61. The average Bonchev–Trinajstić information content (AvgIpc) is 3.05. The van der Waals surface area contributed by atoms with Gasteiger partial charge in [-0.2, -0.15) is 5.10 Å². The molecule has 1 aromatic heterocycles. The Morgan fingerprint density at radius 2 is 2.33 bits per heavy atom. The van der Waals surface area contributed by atoms with Gasteiger partial charge in [-0.15, -0.1) is 0 Å². The number of aliphatic hydroxyl groups excluding tert-OH is 1. The smallest absolute Gasteiger partial charge is 0.252 e. The molecule has 0 atom stereocenters. The zero-order chi connectivity index (χ0) is 12.5. The molecule has 1 aliphatic carbocycles. The van der Waals surface area contributed by atoms with Crippen LogP contribution < -0.4 is 5.32 Å². The molecule has 1 spiro atoms. The van der Waals surface area contributed by atoms with Gasteiger partial charge in [-0.1, -0.05) is 0 Å². The number of anilines is 1. The van der Waals surface area contributed by atoms with Gasteiger partial charge in [-0.3, -0.25) is 4.79 Å². The standard InChI is InChI=1S/C12H10FN3O2/c13-8-7(5-17)3-6-4-14-16-10(6)9(8)15-11(18)12(16)1-2-12/h3-4,17H,1-2,5H2,(H,15,18). The van der Waals surface area contributed by atoms with Crippen LogP contribution in [0.2, 0.25) is 0 Å². The number of carbonyl (C=O) groups is 1. The van der Waals surface area contributed by atoms with Crippen LogP contribution in [-0.4, -0.2) is 20.8 Å². The van der Waals surface area contributed by atoms with Crippen LogP contribution in [0.1, 0.15) is 18.4 Å². The molecule has 2 aliphatic rings. The Bertz CT molecular complexity index is 703. The Labute approximate surface area is 101 Å². The second kappa shape index (κ2) is 2.89. The van der Waals surface area contributed by atoms with Crippen LogP contribution in [-0.2, 0) is 16.9 Å². The van der Waals surface area contributed by atoms with E-state index >= 15 is 0 Å². The van der Waals surface area contributed by atoms with Crippen molar-refractivity contribution in [1.29, 1.82) is 0 Å². The van der Waals surface area contributed by atoms with Gasteiger partial charge in [0, 0.05) is 10.9 Å². The lowest BCUT2D eigenvalue weighted by atomic mass is 10.1. The number of aromatic nitrogens is 2. The molecular formula is C12H10FN3O2. The van der Waals surface area contributed by atoms with Gasteiger partial charge in [0.2, 0.25) is 0 Å². The highest BCUT2D eigenvalue weighted by molar-refractivity contribution is 6.09.